The molecule has 1 aliphatic heterocycles. The molecule has 20 heavy (non-hydrogen) atoms. The lowest BCUT2D eigenvalue weighted by Gasteiger charge is -2.34. The molecule has 0 aromatic heterocycles. The highest BCUT2D eigenvalue weighted by atomic mass is 16.3. The van der Waals surface area contributed by atoms with Crippen LogP contribution in [-0.4, -0.2) is 65.3 Å². The summed E-state index contributed by atoms with van der Waals surface area (Å²) in [5.41, 5.74) is 0.778. The fraction of sp³-hybridized carbons (Fsp3) is 0.533. The van der Waals surface area contributed by atoms with E-state index in [-0.39, 0.29) is 18.9 Å². The first-order valence-corrected chi connectivity index (χ1v) is 7.04. The van der Waals surface area contributed by atoms with Gasteiger partial charge in [0.1, 0.15) is 0 Å². The Labute approximate surface area is 119 Å². The Kier molecular flexibility index (Phi) is 5.52. The highest BCUT2D eigenvalue weighted by molar-refractivity contribution is 5.77. The van der Waals surface area contributed by atoms with Gasteiger partial charge in [-0.25, -0.2) is 0 Å². The van der Waals surface area contributed by atoms with Crippen LogP contribution >= 0.6 is 0 Å². The van der Waals surface area contributed by atoms with Crippen molar-refractivity contribution >= 4 is 5.91 Å². The molecule has 1 saturated heterocycles. The minimum Gasteiger partial charge on any atom is -0.395 e. The molecule has 1 amide bonds. The molecule has 1 atom stereocenters. The van der Waals surface area contributed by atoms with Gasteiger partial charge in [0.05, 0.1) is 19.1 Å². The number of amides is 1. The summed E-state index contributed by atoms with van der Waals surface area (Å²) in [6.07, 6.45) is -0.608. The first-order valence-electron chi connectivity index (χ1n) is 7.04. The second kappa shape index (κ2) is 7.38. The number of β-amino-alcohol motifs (C(OH)–C–C–N with tert-alkyl or cyclic N) is 1. The molecule has 1 aromatic rings. The van der Waals surface area contributed by atoms with E-state index >= 15 is 0 Å². The van der Waals surface area contributed by atoms with Crippen molar-refractivity contribution in [1.29, 1.82) is 0 Å². The summed E-state index contributed by atoms with van der Waals surface area (Å²) in [6, 6.07) is 9.26. The molecule has 0 saturated carbocycles. The summed E-state index contributed by atoms with van der Waals surface area (Å²) >= 11 is 0. The Morgan fingerprint density at radius 1 is 1.15 bits per heavy atom. The normalized spacial score (nSPS) is 18.0. The highest BCUT2D eigenvalue weighted by Crippen LogP contribution is 2.17. The minimum absolute atomic E-state index is 0.00926. The van der Waals surface area contributed by atoms with Crippen LogP contribution in [0.2, 0.25) is 0 Å². The number of carbonyl (C=O) groups is 1. The van der Waals surface area contributed by atoms with Crippen LogP contribution in [-0.2, 0) is 4.79 Å². The van der Waals surface area contributed by atoms with Gasteiger partial charge < -0.3 is 15.1 Å². The van der Waals surface area contributed by atoms with Crippen molar-refractivity contribution < 1.29 is 15.0 Å². The number of aliphatic hydroxyl groups is 2. The Morgan fingerprint density at radius 2 is 1.80 bits per heavy atom. The lowest BCUT2D eigenvalue weighted by atomic mass is 10.1. The summed E-state index contributed by atoms with van der Waals surface area (Å²) in [5, 5.41) is 19.0. The van der Waals surface area contributed by atoms with Crippen molar-refractivity contribution in [2.24, 2.45) is 0 Å². The molecule has 2 rings (SSSR count). The minimum atomic E-state index is -0.737. The Hall–Kier alpha value is -1.43. The van der Waals surface area contributed by atoms with Gasteiger partial charge in [-0.3, -0.25) is 9.69 Å². The average molecular weight is 278 g/mol. The Morgan fingerprint density at radius 3 is 2.40 bits per heavy atom. The van der Waals surface area contributed by atoms with Crippen LogP contribution < -0.4 is 0 Å². The molecular formula is C15H22N2O3. The van der Waals surface area contributed by atoms with Crippen LogP contribution in [0.1, 0.15) is 18.1 Å². The second-order valence-electron chi connectivity index (χ2n) is 5.08. The standard InChI is InChI=1S/C15H22N2O3/c18-11-10-16-6-8-17(9-7-16)15(20)12-14(19)13-4-2-1-3-5-13/h1-5,14,18-19H,6-12H2. The zero-order valence-electron chi connectivity index (χ0n) is 11.6. The molecule has 0 bridgehead atoms. The van der Waals surface area contributed by atoms with Gasteiger partial charge in [0.25, 0.3) is 0 Å². The molecule has 1 aromatic carbocycles. The molecule has 5 heteroatoms. The highest BCUT2D eigenvalue weighted by Gasteiger charge is 2.22. The van der Waals surface area contributed by atoms with Crippen molar-refractivity contribution in [2.75, 3.05) is 39.3 Å². The first-order chi connectivity index (χ1) is 9.70. The molecule has 110 valence electrons. The van der Waals surface area contributed by atoms with E-state index in [9.17, 15) is 9.90 Å². The third-order valence-electron chi connectivity index (χ3n) is 3.69. The summed E-state index contributed by atoms with van der Waals surface area (Å²) in [7, 11) is 0. The summed E-state index contributed by atoms with van der Waals surface area (Å²) in [6.45, 7) is 3.72. The Balaban J connectivity index is 1.81. The van der Waals surface area contributed by atoms with Crippen LogP contribution in [0.4, 0.5) is 0 Å². The van der Waals surface area contributed by atoms with Crippen LogP contribution in [0.15, 0.2) is 30.3 Å². The number of carbonyl (C=O) groups excluding carboxylic acids is 1. The van der Waals surface area contributed by atoms with E-state index in [1.54, 1.807) is 4.90 Å². The van der Waals surface area contributed by atoms with Gasteiger partial charge >= 0.3 is 0 Å². The fourth-order valence-corrected chi connectivity index (χ4v) is 2.45. The van der Waals surface area contributed by atoms with Gasteiger partial charge in [-0.1, -0.05) is 30.3 Å². The molecular weight excluding hydrogens is 256 g/mol. The average Bonchev–Trinajstić information content (AvgIpc) is 2.49. The molecule has 1 aliphatic rings. The Bertz CT molecular complexity index is 416. The van der Waals surface area contributed by atoms with Gasteiger partial charge in [-0.2, -0.15) is 0 Å². The van der Waals surface area contributed by atoms with Crippen LogP contribution in [0.5, 0.6) is 0 Å². The molecule has 5 nitrogen and oxygen atoms in total. The zero-order chi connectivity index (χ0) is 14.4. The van der Waals surface area contributed by atoms with Crippen LogP contribution in [0, 0.1) is 0 Å². The molecule has 2 N–H and O–H groups in total. The van der Waals surface area contributed by atoms with Gasteiger partial charge in [0.15, 0.2) is 0 Å². The third-order valence-corrected chi connectivity index (χ3v) is 3.69. The lowest BCUT2D eigenvalue weighted by molar-refractivity contribution is -0.135. The third kappa shape index (κ3) is 4.03. The smallest absolute Gasteiger partial charge is 0.225 e. The van der Waals surface area contributed by atoms with Crippen LogP contribution in [0.3, 0.4) is 0 Å². The molecule has 0 aliphatic carbocycles. The van der Waals surface area contributed by atoms with Gasteiger partial charge in [-0.05, 0) is 5.56 Å². The maximum atomic E-state index is 12.1. The van der Waals surface area contributed by atoms with Crippen molar-refractivity contribution in [2.45, 2.75) is 12.5 Å². The number of hydrogen-bond donors (Lipinski definition) is 2. The first kappa shape index (κ1) is 15.0. The quantitative estimate of drug-likeness (QED) is 0.810. The fourth-order valence-electron chi connectivity index (χ4n) is 2.45. The van der Waals surface area contributed by atoms with Crippen molar-refractivity contribution in [3.05, 3.63) is 35.9 Å². The SMILES string of the molecule is O=C(CC(O)c1ccccc1)N1CCN(CCO)CC1. The van der Waals surface area contributed by atoms with Gasteiger partial charge in [0.2, 0.25) is 5.91 Å². The second-order valence-corrected chi connectivity index (χ2v) is 5.08. The van der Waals surface area contributed by atoms with Crippen molar-refractivity contribution in [3.8, 4) is 0 Å². The molecule has 0 radical (unpaired) electrons. The van der Waals surface area contributed by atoms with Crippen LogP contribution in [0.25, 0.3) is 0 Å². The predicted molar refractivity (Wildman–Crippen MR) is 76.1 cm³/mol. The number of aliphatic hydroxyl groups excluding tert-OH is 2. The van der Waals surface area contributed by atoms with Gasteiger partial charge in [-0.15, -0.1) is 0 Å². The van der Waals surface area contributed by atoms with E-state index in [0.717, 1.165) is 18.7 Å². The number of nitrogens with zero attached hydrogens (tertiary/aromatic N) is 2. The molecule has 1 heterocycles. The van der Waals surface area contributed by atoms with Crippen molar-refractivity contribution in [3.63, 3.8) is 0 Å². The zero-order valence-corrected chi connectivity index (χ0v) is 11.6. The predicted octanol–water partition coefficient (Wildman–Crippen LogP) is 0.247. The monoisotopic (exact) mass is 278 g/mol. The number of hydrogen-bond acceptors (Lipinski definition) is 4. The maximum Gasteiger partial charge on any atom is 0.225 e. The summed E-state index contributed by atoms with van der Waals surface area (Å²) in [4.78, 5) is 16.1. The summed E-state index contributed by atoms with van der Waals surface area (Å²) in [5.74, 6) is -0.00926. The molecule has 0 spiro atoms. The number of rotatable bonds is 5. The van der Waals surface area contributed by atoms with E-state index in [4.69, 9.17) is 5.11 Å². The number of piperazine rings is 1. The molecule has 1 unspecified atom stereocenters. The summed E-state index contributed by atoms with van der Waals surface area (Å²) < 4.78 is 0. The largest absolute Gasteiger partial charge is 0.395 e. The van der Waals surface area contributed by atoms with E-state index < -0.39 is 6.10 Å². The van der Waals surface area contributed by atoms with Gasteiger partial charge in [0, 0.05) is 32.7 Å². The van der Waals surface area contributed by atoms with E-state index in [2.05, 4.69) is 4.90 Å². The lowest BCUT2D eigenvalue weighted by Crippen LogP contribution is -2.49. The van der Waals surface area contributed by atoms with E-state index in [1.807, 2.05) is 30.3 Å². The molecule has 1 fully saturated rings. The number of benzene rings is 1. The van der Waals surface area contributed by atoms with Crippen molar-refractivity contribution in [1.82, 2.24) is 9.80 Å². The van der Waals surface area contributed by atoms with E-state index in [0.29, 0.717) is 19.6 Å². The van der Waals surface area contributed by atoms with E-state index in [1.165, 1.54) is 0 Å². The topological polar surface area (TPSA) is 64.0 Å². The maximum absolute atomic E-state index is 12.1.